The molecular weight excluding hydrogens is 250 g/mol. The number of hydrogen-bond acceptors (Lipinski definition) is 1. The predicted molar refractivity (Wildman–Crippen MR) is 65.8 cm³/mol. The average molecular weight is 266 g/mol. The van der Waals surface area contributed by atoms with Gasteiger partial charge in [0.25, 0.3) is 0 Å². The third-order valence-corrected chi connectivity index (χ3v) is 4.41. The number of likely N-dealkylation sites (tertiary alicyclic amines) is 1. The standard InChI is InChI=1S/C13H16BrN/c1-10(11-3-2-4-12(14)7-11)15-8-13(9-15)5-6-13/h2-4,7,10H,5-6,8-9H2,1H3. The fourth-order valence-electron chi connectivity index (χ4n) is 2.56. The number of halogens is 1. The zero-order chi connectivity index (χ0) is 10.5. The Hall–Kier alpha value is -0.340. The lowest BCUT2D eigenvalue weighted by atomic mass is 9.92. The lowest BCUT2D eigenvalue weighted by Crippen LogP contribution is -2.49. The van der Waals surface area contributed by atoms with Crippen molar-refractivity contribution in [2.24, 2.45) is 5.41 Å². The Kier molecular flexibility index (Phi) is 2.18. The van der Waals surface area contributed by atoms with Crippen molar-refractivity contribution in [2.45, 2.75) is 25.8 Å². The van der Waals surface area contributed by atoms with Gasteiger partial charge in [0.2, 0.25) is 0 Å². The minimum absolute atomic E-state index is 0.578. The van der Waals surface area contributed by atoms with Crippen molar-refractivity contribution in [3.63, 3.8) is 0 Å². The van der Waals surface area contributed by atoms with Crippen LogP contribution in [0.2, 0.25) is 0 Å². The van der Waals surface area contributed by atoms with E-state index in [2.05, 4.69) is 52.0 Å². The van der Waals surface area contributed by atoms with Gasteiger partial charge in [0.15, 0.2) is 0 Å². The lowest BCUT2D eigenvalue weighted by molar-refractivity contribution is 0.0429. The number of benzene rings is 1. The van der Waals surface area contributed by atoms with E-state index in [0.717, 1.165) is 5.41 Å². The topological polar surface area (TPSA) is 3.24 Å². The summed E-state index contributed by atoms with van der Waals surface area (Å²) < 4.78 is 1.19. The molecule has 1 aromatic rings. The first-order valence-corrected chi connectivity index (χ1v) is 6.47. The highest BCUT2D eigenvalue weighted by atomic mass is 79.9. The van der Waals surface area contributed by atoms with Crippen LogP contribution >= 0.6 is 15.9 Å². The third kappa shape index (κ3) is 1.74. The van der Waals surface area contributed by atoms with Crippen LogP contribution in [0.15, 0.2) is 28.7 Å². The summed E-state index contributed by atoms with van der Waals surface area (Å²) in [7, 11) is 0. The van der Waals surface area contributed by atoms with Crippen LogP contribution in [0.1, 0.15) is 31.4 Å². The molecule has 80 valence electrons. The minimum Gasteiger partial charge on any atom is -0.295 e. The highest BCUT2D eigenvalue weighted by Crippen LogP contribution is 2.54. The smallest absolute Gasteiger partial charge is 0.0320 e. The maximum atomic E-state index is 3.54. The Morgan fingerprint density at radius 3 is 2.67 bits per heavy atom. The van der Waals surface area contributed by atoms with E-state index in [-0.39, 0.29) is 0 Å². The van der Waals surface area contributed by atoms with Crippen LogP contribution in [0.5, 0.6) is 0 Å². The molecule has 1 unspecified atom stereocenters. The molecule has 1 nitrogen and oxygen atoms in total. The normalized spacial score (nSPS) is 24.9. The number of hydrogen-bond donors (Lipinski definition) is 0. The predicted octanol–water partition coefficient (Wildman–Crippen LogP) is 3.61. The first-order chi connectivity index (χ1) is 7.19. The number of rotatable bonds is 2. The molecule has 2 aliphatic rings. The zero-order valence-corrected chi connectivity index (χ0v) is 10.6. The molecule has 0 amide bonds. The maximum absolute atomic E-state index is 3.54. The van der Waals surface area contributed by atoms with Gasteiger partial charge in [-0.3, -0.25) is 4.90 Å². The molecule has 0 bridgehead atoms. The van der Waals surface area contributed by atoms with Gasteiger partial charge in [-0.15, -0.1) is 0 Å². The van der Waals surface area contributed by atoms with Gasteiger partial charge in [-0.05, 0) is 42.9 Å². The van der Waals surface area contributed by atoms with Crippen molar-refractivity contribution < 1.29 is 0 Å². The average Bonchev–Trinajstić information content (AvgIpc) is 2.94. The van der Waals surface area contributed by atoms with Gasteiger partial charge >= 0.3 is 0 Å². The van der Waals surface area contributed by atoms with E-state index in [1.54, 1.807) is 0 Å². The second-order valence-electron chi connectivity index (χ2n) is 5.14. The van der Waals surface area contributed by atoms with Crippen molar-refractivity contribution in [1.29, 1.82) is 0 Å². The first kappa shape index (κ1) is 9.86. The van der Waals surface area contributed by atoms with E-state index in [0.29, 0.717) is 6.04 Å². The number of nitrogens with zero attached hydrogens (tertiary/aromatic N) is 1. The summed E-state index contributed by atoms with van der Waals surface area (Å²) in [6.07, 6.45) is 2.93. The summed E-state index contributed by atoms with van der Waals surface area (Å²) in [6, 6.07) is 9.27. The van der Waals surface area contributed by atoms with Gasteiger partial charge in [-0.1, -0.05) is 28.1 Å². The summed E-state index contributed by atoms with van der Waals surface area (Å²) in [5.41, 5.74) is 2.19. The molecule has 1 spiro atoms. The summed E-state index contributed by atoms with van der Waals surface area (Å²) in [5, 5.41) is 0. The summed E-state index contributed by atoms with van der Waals surface area (Å²) >= 11 is 3.54. The molecular formula is C13H16BrN. The Balaban J connectivity index is 1.71. The molecule has 1 aliphatic heterocycles. The second-order valence-corrected chi connectivity index (χ2v) is 6.05. The maximum Gasteiger partial charge on any atom is 0.0320 e. The SMILES string of the molecule is CC(c1cccc(Br)c1)N1CC2(CC2)C1. The van der Waals surface area contributed by atoms with Crippen molar-refractivity contribution >= 4 is 15.9 Å². The van der Waals surface area contributed by atoms with Gasteiger partial charge in [0, 0.05) is 23.6 Å². The molecule has 0 aromatic heterocycles. The molecule has 3 rings (SSSR count). The van der Waals surface area contributed by atoms with Crippen LogP contribution in [0, 0.1) is 5.41 Å². The van der Waals surface area contributed by atoms with Gasteiger partial charge in [-0.2, -0.15) is 0 Å². The lowest BCUT2D eigenvalue weighted by Gasteiger charge is -2.44. The van der Waals surface area contributed by atoms with Crippen molar-refractivity contribution in [2.75, 3.05) is 13.1 Å². The van der Waals surface area contributed by atoms with E-state index < -0.39 is 0 Å². The van der Waals surface area contributed by atoms with Crippen LogP contribution in [-0.4, -0.2) is 18.0 Å². The zero-order valence-electron chi connectivity index (χ0n) is 9.04. The first-order valence-electron chi connectivity index (χ1n) is 5.68. The molecule has 1 atom stereocenters. The Morgan fingerprint density at radius 2 is 2.07 bits per heavy atom. The minimum atomic E-state index is 0.578. The van der Waals surface area contributed by atoms with Gasteiger partial charge in [0.05, 0.1) is 0 Å². The van der Waals surface area contributed by atoms with E-state index in [1.807, 2.05) is 0 Å². The van der Waals surface area contributed by atoms with E-state index in [9.17, 15) is 0 Å². The summed E-state index contributed by atoms with van der Waals surface area (Å²) in [6.45, 7) is 4.96. The summed E-state index contributed by atoms with van der Waals surface area (Å²) in [4.78, 5) is 2.59. The molecule has 1 heterocycles. The Morgan fingerprint density at radius 1 is 1.33 bits per heavy atom. The van der Waals surface area contributed by atoms with Crippen LogP contribution in [0.25, 0.3) is 0 Å². The van der Waals surface area contributed by atoms with Gasteiger partial charge in [-0.25, -0.2) is 0 Å². The Labute approximate surface area is 99.6 Å². The van der Waals surface area contributed by atoms with E-state index >= 15 is 0 Å². The molecule has 2 fully saturated rings. The fraction of sp³-hybridized carbons (Fsp3) is 0.538. The van der Waals surface area contributed by atoms with Crippen molar-refractivity contribution in [3.05, 3.63) is 34.3 Å². The van der Waals surface area contributed by atoms with Crippen LogP contribution in [0.3, 0.4) is 0 Å². The fourth-order valence-corrected chi connectivity index (χ4v) is 2.98. The van der Waals surface area contributed by atoms with Gasteiger partial charge in [0.1, 0.15) is 0 Å². The summed E-state index contributed by atoms with van der Waals surface area (Å²) in [5.74, 6) is 0. The highest BCUT2D eigenvalue weighted by molar-refractivity contribution is 9.10. The largest absolute Gasteiger partial charge is 0.295 e. The molecule has 1 saturated heterocycles. The quantitative estimate of drug-likeness (QED) is 0.790. The van der Waals surface area contributed by atoms with E-state index in [4.69, 9.17) is 0 Å². The monoisotopic (exact) mass is 265 g/mol. The van der Waals surface area contributed by atoms with E-state index in [1.165, 1.54) is 36.0 Å². The van der Waals surface area contributed by atoms with Crippen LogP contribution < -0.4 is 0 Å². The third-order valence-electron chi connectivity index (χ3n) is 3.91. The van der Waals surface area contributed by atoms with Crippen molar-refractivity contribution in [3.8, 4) is 0 Å². The van der Waals surface area contributed by atoms with Crippen molar-refractivity contribution in [1.82, 2.24) is 4.90 Å². The molecule has 2 heteroatoms. The Bertz CT molecular complexity index is 376. The molecule has 15 heavy (non-hydrogen) atoms. The highest BCUT2D eigenvalue weighted by Gasteiger charge is 2.53. The molecule has 1 aliphatic carbocycles. The van der Waals surface area contributed by atoms with Gasteiger partial charge < -0.3 is 0 Å². The van der Waals surface area contributed by atoms with Crippen LogP contribution in [0.4, 0.5) is 0 Å². The molecule has 0 N–H and O–H groups in total. The second kappa shape index (κ2) is 3.33. The molecule has 1 saturated carbocycles. The molecule has 0 radical (unpaired) electrons. The van der Waals surface area contributed by atoms with Crippen LogP contribution in [-0.2, 0) is 0 Å². The molecule has 1 aromatic carbocycles.